The van der Waals surface area contributed by atoms with Gasteiger partial charge < -0.3 is 9.94 Å². The maximum atomic E-state index is 12.3. The van der Waals surface area contributed by atoms with Gasteiger partial charge in [0.1, 0.15) is 11.7 Å². The number of hydrogen-bond donors (Lipinski definition) is 1. The molecule has 1 aromatic carbocycles. The zero-order valence-electron chi connectivity index (χ0n) is 13.8. The fourth-order valence-corrected chi connectivity index (χ4v) is 3.28. The van der Waals surface area contributed by atoms with Crippen molar-refractivity contribution in [1.82, 2.24) is 5.06 Å². The summed E-state index contributed by atoms with van der Waals surface area (Å²) in [5, 5.41) is 22.6. The van der Waals surface area contributed by atoms with E-state index in [1.54, 1.807) is 6.07 Å². The summed E-state index contributed by atoms with van der Waals surface area (Å²) in [5.41, 5.74) is -1.44. The van der Waals surface area contributed by atoms with Crippen LogP contribution in [-0.2, 0) is 4.74 Å². The molecule has 1 aliphatic rings. The minimum Gasteiger partial charge on any atom is -0.458 e. The van der Waals surface area contributed by atoms with Crippen LogP contribution in [0.15, 0.2) is 24.3 Å². The molecule has 0 atom stereocenters. The molecule has 1 saturated heterocycles. The van der Waals surface area contributed by atoms with Gasteiger partial charge in [0.15, 0.2) is 0 Å². The van der Waals surface area contributed by atoms with Crippen LogP contribution in [0.5, 0.6) is 0 Å². The van der Waals surface area contributed by atoms with Crippen LogP contribution < -0.4 is 0 Å². The number of ether oxygens (including phenoxy) is 1. The van der Waals surface area contributed by atoms with Crippen LogP contribution in [0.2, 0.25) is 0 Å². The molecular formula is C16H22N2O5. The quantitative estimate of drug-likeness (QED) is 0.522. The summed E-state index contributed by atoms with van der Waals surface area (Å²) in [6.45, 7) is 7.44. The maximum Gasteiger partial charge on any atom is 0.345 e. The minimum atomic E-state index is -0.708. The summed E-state index contributed by atoms with van der Waals surface area (Å²) in [5.74, 6) is -0.708. The third-order valence-electron chi connectivity index (χ3n) is 4.20. The summed E-state index contributed by atoms with van der Waals surface area (Å²) in [6.07, 6.45) is 0.467. The standard InChI is InChI=1S/C16H22N2O5/c1-15(2)9-11(10-16(3,4)18(15)22)23-14(19)12-7-5-6-8-13(12)17(20)21/h5-8,11,22H,9-10H2,1-4H3. The van der Waals surface area contributed by atoms with Gasteiger partial charge >= 0.3 is 5.97 Å². The van der Waals surface area contributed by atoms with E-state index in [1.807, 2.05) is 27.7 Å². The lowest BCUT2D eigenvalue weighted by molar-refractivity contribution is -0.385. The van der Waals surface area contributed by atoms with Crippen LogP contribution in [0.3, 0.4) is 0 Å². The first kappa shape index (κ1) is 17.4. The molecule has 0 radical (unpaired) electrons. The number of nitrogens with zero attached hydrogens (tertiary/aromatic N) is 2. The Morgan fingerprint density at radius 1 is 1.26 bits per heavy atom. The first-order valence-corrected chi connectivity index (χ1v) is 7.48. The number of esters is 1. The van der Waals surface area contributed by atoms with Crippen molar-refractivity contribution in [2.45, 2.75) is 57.7 Å². The van der Waals surface area contributed by atoms with Gasteiger partial charge in [-0.1, -0.05) is 12.1 Å². The largest absolute Gasteiger partial charge is 0.458 e. The molecule has 0 bridgehead atoms. The van der Waals surface area contributed by atoms with E-state index in [2.05, 4.69) is 0 Å². The SMILES string of the molecule is CC1(C)CC(OC(=O)c2ccccc2[N+](=O)[O-])CC(C)(C)N1O. The molecule has 1 N–H and O–H groups in total. The van der Waals surface area contributed by atoms with Gasteiger partial charge in [-0.3, -0.25) is 10.1 Å². The molecule has 23 heavy (non-hydrogen) atoms. The Bertz CT molecular complexity index is 609. The normalized spacial score (nSPS) is 20.9. The fraction of sp³-hybridized carbons (Fsp3) is 0.562. The zero-order chi connectivity index (χ0) is 17.4. The van der Waals surface area contributed by atoms with Crippen LogP contribution >= 0.6 is 0 Å². The molecule has 2 rings (SSSR count). The van der Waals surface area contributed by atoms with Gasteiger partial charge in [0.05, 0.1) is 4.92 Å². The summed E-state index contributed by atoms with van der Waals surface area (Å²) < 4.78 is 5.51. The van der Waals surface area contributed by atoms with Crippen LogP contribution in [0.25, 0.3) is 0 Å². The van der Waals surface area contributed by atoms with Crippen molar-refractivity contribution in [3.8, 4) is 0 Å². The molecule has 1 fully saturated rings. The molecule has 0 spiro atoms. The maximum absolute atomic E-state index is 12.3. The van der Waals surface area contributed by atoms with Crippen molar-refractivity contribution < 1.29 is 19.7 Å². The molecular weight excluding hydrogens is 300 g/mol. The van der Waals surface area contributed by atoms with Gasteiger partial charge in [-0.15, -0.1) is 0 Å². The molecule has 0 saturated carbocycles. The third-order valence-corrected chi connectivity index (χ3v) is 4.20. The Morgan fingerprint density at radius 3 is 2.30 bits per heavy atom. The van der Waals surface area contributed by atoms with Crippen molar-refractivity contribution in [2.24, 2.45) is 0 Å². The van der Waals surface area contributed by atoms with E-state index in [4.69, 9.17) is 4.74 Å². The van der Waals surface area contributed by atoms with Gasteiger partial charge in [0, 0.05) is 30.0 Å². The number of piperidine rings is 1. The highest BCUT2D eigenvalue weighted by atomic mass is 16.6. The lowest BCUT2D eigenvalue weighted by atomic mass is 9.80. The van der Waals surface area contributed by atoms with Crippen molar-refractivity contribution in [3.63, 3.8) is 0 Å². The molecule has 0 unspecified atom stereocenters. The molecule has 0 aromatic heterocycles. The van der Waals surface area contributed by atoms with Crippen molar-refractivity contribution in [3.05, 3.63) is 39.9 Å². The van der Waals surface area contributed by atoms with Gasteiger partial charge in [-0.25, -0.2) is 4.79 Å². The van der Waals surface area contributed by atoms with Crippen molar-refractivity contribution in [1.29, 1.82) is 0 Å². The van der Waals surface area contributed by atoms with Crippen molar-refractivity contribution >= 4 is 11.7 Å². The third kappa shape index (κ3) is 3.51. The number of nitro groups is 1. The number of benzene rings is 1. The molecule has 1 aromatic rings. The molecule has 126 valence electrons. The Morgan fingerprint density at radius 2 is 1.78 bits per heavy atom. The Kier molecular flexibility index (Phi) is 4.45. The average Bonchev–Trinajstić information content (AvgIpc) is 2.44. The number of nitro benzene ring substituents is 1. The molecule has 1 heterocycles. The number of hydroxylamine groups is 2. The van der Waals surface area contributed by atoms with E-state index in [0.29, 0.717) is 12.8 Å². The number of hydrogen-bond acceptors (Lipinski definition) is 6. The second kappa shape index (κ2) is 5.90. The number of carbonyl (C=O) groups is 1. The zero-order valence-corrected chi connectivity index (χ0v) is 13.8. The van der Waals surface area contributed by atoms with E-state index in [1.165, 1.54) is 23.3 Å². The van der Waals surface area contributed by atoms with E-state index >= 15 is 0 Å². The number of rotatable bonds is 3. The average molecular weight is 322 g/mol. The molecule has 0 amide bonds. The molecule has 7 heteroatoms. The topological polar surface area (TPSA) is 92.9 Å². The predicted octanol–water partition coefficient (Wildman–Crippen LogP) is 3.16. The Labute approximate surface area is 135 Å². The summed E-state index contributed by atoms with van der Waals surface area (Å²) in [7, 11) is 0. The summed E-state index contributed by atoms with van der Waals surface area (Å²) in [4.78, 5) is 22.8. The molecule has 1 aliphatic heterocycles. The van der Waals surface area contributed by atoms with E-state index in [0.717, 1.165) is 0 Å². The first-order chi connectivity index (χ1) is 10.5. The van der Waals surface area contributed by atoms with Crippen LogP contribution in [0.4, 0.5) is 5.69 Å². The lowest BCUT2D eigenvalue weighted by Crippen LogP contribution is -2.60. The lowest BCUT2D eigenvalue weighted by Gasteiger charge is -2.50. The Hall–Kier alpha value is -1.99. The van der Waals surface area contributed by atoms with Gasteiger partial charge in [-0.05, 0) is 33.8 Å². The Balaban J connectivity index is 2.20. The summed E-state index contributed by atoms with van der Waals surface area (Å²) in [6, 6.07) is 5.73. The fourth-order valence-electron chi connectivity index (χ4n) is 3.28. The highest BCUT2D eigenvalue weighted by Crippen LogP contribution is 2.38. The van der Waals surface area contributed by atoms with E-state index in [9.17, 15) is 20.1 Å². The van der Waals surface area contributed by atoms with Crippen LogP contribution in [-0.4, -0.2) is 38.3 Å². The van der Waals surface area contributed by atoms with E-state index < -0.39 is 28.1 Å². The van der Waals surface area contributed by atoms with Gasteiger partial charge in [-0.2, -0.15) is 5.06 Å². The number of carbonyl (C=O) groups excluding carboxylic acids is 1. The predicted molar refractivity (Wildman–Crippen MR) is 83.3 cm³/mol. The van der Waals surface area contributed by atoms with E-state index in [-0.39, 0.29) is 11.3 Å². The number of para-hydroxylation sites is 1. The molecule has 7 nitrogen and oxygen atoms in total. The highest BCUT2D eigenvalue weighted by molar-refractivity contribution is 5.93. The second-order valence-corrected chi connectivity index (χ2v) is 7.15. The van der Waals surface area contributed by atoms with Gasteiger partial charge in [0.2, 0.25) is 0 Å². The van der Waals surface area contributed by atoms with Crippen LogP contribution in [0, 0.1) is 10.1 Å². The molecule has 0 aliphatic carbocycles. The summed E-state index contributed by atoms with van der Waals surface area (Å²) >= 11 is 0. The second-order valence-electron chi connectivity index (χ2n) is 7.15. The monoisotopic (exact) mass is 322 g/mol. The van der Waals surface area contributed by atoms with Gasteiger partial charge in [0.25, 0.3) is 5.69 Å². The van der Waals surface area contributed by atoms with Crippen LogP contribution in [0.1, 0.15) is 50.9 Å². The van der Waals surface area contributed by atoms with Crippen molar-refractivity contribution in [2.75, 3.05) is 0 Å². The smallest absolute Gasteiger partial charge is 0.345 e. The minimum absolute atomic E-state index is 0.0560. The highest BCUT2D eigenvalue weighted by Gasteiger charge is 2.46. The first-order valence-electron chi connectivity index (χ1n) is 7.48.